The van der Waals surface area contributed by atoms with E-state index >= 15 is 0 Å². The number of nitrogens with two attached hydrogens (primary N) is 1. The Balaban J connectivity index is 2.67. The lowest BCUT2D eigenvalue weighted by Crippen LogP contribution is -2.15. The summed E-state index contributed by atoms with van der Waals surface area (Å²) in [6.07, 6.45) is 0.527. The van der Waals surface area contributed by atoms with E-state index in [1.807, 2.05) is 0 Å². The van der Waals surface area contributed by atoms with Gasteiger partial charge in [0.25, 0.3) is 5.91 Å². The number of carboxylic acids is 1. The summed E-state index contributed by atoms with van der Waals surface area (Å²) in [6.45, 7) is 0.437. The number of carboxylic acid groups (broad SMARTS) is 1. The predicted octanol–water partition coefficient (Wildman–Crippen LogP) is 1.72. The quantitative estimate of drug-likeness (QED) is 0.676. The van der Waals surface area contributed by atoms with Crippen LogP contribution in [-0.4, -0.2) is 23.5 Å². The molecule has 1 rings (SSSR count). The summed E-state index contributed by atoms with van der Waals surface area (Å²) >= 11 is 5.85. The molecule has 17 heavy (non-hydrogen) atoms. The number of nitrogens with one attached hydrogen (secondary N) is 1. The number of hydrogen-bond donors (Lipinski definition) is 3. The normalized spacial score (nSPS) is 9.94. The Kier molecular flexibility index (Phi) is 4.78. The molecule has 0 aliphatic heterocycles. The predicted molar refractivity (Wildman–Crippen MR) is 65.3 cm³/mol. The molecule has 1 amide bonds. The molecular weight excluding hydrogens is 244 g/mol. The monoisotopic (exact) mass is 256 g/mol. The third kappa shape index (κ3) is 3.96. The van der Waals surface area contributed by atoms with Gasteiger partial charge in [-0.1, -0.05) is 17.7 Å². The largest absolute Gasteiger partial charge is 0.481 e. The number of carbonyl (C=O) groups is 2. The van der Waals surface area contributed by atoms with Crippen molar-refractivity contribution in [3.63, 3.8) is 0 Å². The number of benzene rings is 1. The van der Waals surface area contributed by atoms with Crippen LogP contribution in [0.15, 0.2) is 18.2 Å². The number of anilines is 1. The molecule has 0 radical (unpaired) electrons. The molecule has 0 atom stereocenters. The van der Waals surface area contributed by atoms with Gasteiger partial charge in [0.15, 0.2) is 0 Å². The number of halogens is 1. The van der Waals surface area contributed by atoms with Crippen LogP contribution < -0.4 is 11.1 Å². The lowest BCUT2D eigenvalue weighted by molar-refractivity contribution is -0.137. The molecule has 0 bridgehead atoms. The first-order valence-corrected chi connectivity index (χ1v) is 5.44. The number of primary amides is 1. The van der Waals surface area contributed by atoms with Crippen molar-refractivity contribution in [2.75, 3.05) is 11.9 Å². The fourth-order valence-corrected chi connectivity index (χ4v) is 1.65. The smallest absolute Gasteiger partial charge is 0.303 e. The highest BCUT2D eigenvalue weighted by molar-refractivity contribution is 6.34. The summed E-state index contributed by atoms with van der Waals surface area (Å²) in [5, 5.41) is 11.7. The maximum Gasteiger partial charge on any atom is 0.303 e. The average Bonchev–Trinajstić information content (AvgIpc) is 2.23. The van der Waals surface area contributed by atoms with E-state index in [2.05, 4.69) is 5.32 Å². The molecule has 5 nitrogen and oxygen atoms in total. The van der Waals surface area contributed by atoms with Gasteiger partial charge < -0.3 is 16.2 Å². The SMILES string of the molecule is NC(=O)c1c(Cl)cccc1NCCCC(=O)O. The van der Waals surface area contributed by atoms with Crippen LogP contribution in [0.5, 0.6) is 0 Å². The van der Waals surface area contributed by atoms with Gasteiger partial charge in [-0.25, -0.2) is 0 Å². The van der Waals surface area contributed by atoms with E-state index in [-0.39, 0.29) is 17.0 Å². The molecule has 0 saturated heterocycles. The van der Waals surface area contributed by atoms with Gasteiger partial charge in [-0.3, -0.25) is 9.59 Å². The minimum absolute atomic E-state index is 0.0689. The average molecular weight is 257 g/mol. The second kappa shape index (κ2) is 6.10. The summed E-state index contributed by atoms with van der Waals surface area (Å²) in [6, 6.07) is 4.94. The molecular formula is C11H13ClN2O3. The van der Waals surface area contributed by atoms with Crippen molar-refractivity contribution in [1.29, 1.82) is 0 Å². The number of rotatable bonds is 6. The van der Waals surface area contributed by atoms with Gasteiger partial charge in [-0.05, 0) is 18.6 Å². The van der Waals surface area contributed by atoms with Crippen molar-refractivity contribution >= 4 is 29.2 Å². The van der Waals surface area contributed by atoms with E-state index in [9.17, 15) is 9.59 Å². The van der Waals surface area contributed by atoms with Crippen LogP contribution in [0.25, 0.3) is 0 Å². The fourth-order valence-electron chi connectivity index (χ4n) is 1.38. The third-order valence-corrected chi connectivity index (χ3v) is 2.46. The second-order valence-electron chi connectivity index (χ2n) is 3.45. The Morgan fingerprint density at radius 1 is 1.41 bits per heavy atom. The number of aliphatic carboxylic acids is 1. The molecule has 0 heterocycles. The zero-order valence-corrected chi connectivity index (χ0v) is 9.83. The Labute approximate surface area is 104 Å². The first-order valence-electron chi connectivity index (χ1n) is 5.06. The summed E-state index contributed by atoms with van der Waals surface area (Å²) in [5.74, 6) is -1.47. The first-order chi connectivity index (χ1) is 8.02. The number of carbonyl (C=O) groups excluding carboxylic acids is 1. The Bertz CT molecular complexity index is 435. The van der Waals surface area contributed by atoms with E-state index in [1.165, 1.54) is 0 Å². The Morgan fingerprint density at radius 2 is 2.12 bits per heavy atom. The molecule has 4 N–H and O–H groups in total. The lowest BCUT2D eigenvalue weighted by Gasteiger charge is -2.10. The maximum absolute atomic E-state index is 11.2. The van der Waals surface area contributed by atoms with Crippen LogP contribution in [0.2, 0.25) is 5.02 Å². The van der Waals surface area contributed by atoms with Gasteiger partial charge >= 0.3 is 5.97 Å². The van der Waals surface area contributed by atoms with Crippen molar-refractivity contribution < 1.29 is 14.7 Å². The van der Waals surface area contributed by atoms with Crippen LogP contribution in [0.3, 0.4) is 0 Å². The van der Waals surface area contributed by atoms with Crippen LogP contribution >= 0.6 is 11.6 Å². The topological polar surface area (TPSA) is 92.4 Å². The van der Waals surface area contributed by atoms with Gasteiger partial charge in [0.05, 0.1) is 10.6 Å². The summed E-state index contributed by atoms with van der Waals surface area (Å²) in [7, 11) is 0. The molecule has 92 valence electrons. The van der Waals surface area contributed by atoms with E-state index in [0.29, 0.717) is 18.7 Å². The van der Waals surface area contributed by atoms with Crippen molar-refractivity contribution in [2.45, 2.75) is 12.8 Å². The van der Waals surface area contributed by atoms with Gasteiger partial charge in [-0.15, -0.1) is 0 Å². The zero-order chi connectivity index (χ0) is 12.8. The zero-order valence-electron chi connectivity index (χ0n) is 9.07. The molecule has 0 aliphatic carbocycles. The van der Waals surface area contributed by atoms with Crippen LogP contribution in [0.4, 0.5) is 5.69 Å². The number of hydrogen-bond acceptors (Lipinski definition) is 3. The van der Waals surface area contributed by atoms with Crippen molar-refractivity contribution in [3.8, 4) is 0 Å². The summed E-state index contributed by atoms with van der Waals surface area (Å²) in [5.41, 5.74) is 5.96. The summed E-state index contributed by atoms with van der Waals surface area (Å²) < 4.78 is 0. The molecule has 0 saturated carbocycles. The molecule has 0 unspecified atom stereocenters. The maximum atomic E-state index is 11.2. The highest BCUT2D eigenvalue weighted by Gasteiger charge is 2.11. The standard InChI is InChI=1S/C11H13ClN2O3/c12-7-3-1-4-8(10(7)11(13)17)14-6-2-5-9(15)16/h1,3-4,14H,2,5-6H2,(H2,13,17)(H,15,16). The fraction of sp³-hybridized carbons (Fsp3) is 0.273. The minimum atomic E-state index is -0.854. The van der Waals surface area contributed by atoms with Gasteiger partial charge in [-0.2, -0.15) is 0 Å². The van der Waals surface area contributed by atoms with Crippen molar-refractivity contribution in [1.82, 2.24) is 0 Å². The highest BCUT2D eigenvalue weighted by atomic mass is 35.5. The number of amides is 1. The highest BCUT2D eigenvalue weighted by Crippen LogP contribution is 2.23. The van der Waals surface area contributed by atoms with Crippen LogP contribution in [0.1, 0.15) is 23.2 Å². The van der Waals surface area contributed by atoms with Gasteiger partial charge in [0.1, 0.15) is 0 Å². The second-order valence-corrected chi connectivity index (χ2v) is 3.86. The van der Waals surface area contributed by atoms with Crippen LogP contribution in [-0.2, 0) is 4.79 Å². The van der Waals surface area contributed by atoms with E-state index in [4.69, 9.17) is 22.4 Å². The van der Waals surface area contributed by atoms with E-state index < -0.39 is 11.9 Å². The van der Waals surface area contributed by atoms with Gasteiger partial charge in [0, 0.05) is 18.7 Å². The molecule has 6 heteroatoms. The van der Waals surface area contributed by atoms with Crippen molar-refractivity contribution in [3.05, 3.63) is 28.8 Å². The molecule has 0 aliphatic rings. The molecule has 1 aromatic carbocycles. The Hall–Kier alpha value is -1.75. The minimum Gasteiger partial charge on any atom is -0.481 e. The van der Waals surface area contributed by atoms with Gasteiger partial charge in [0.2, 0.25) is 0 Å². The third-order valence-electron chi connectivity index (χ3n) is 2.14. The molecule has 0 fully saturated rings. The van der Waals surface area contributed by atoms with Crippen molar-refractivity contribution in [2.24, 2.45) is 5.73 Å². The lowest BCUT2D eigenvalue weighted by atomic mass is 10.1. The van der Waals surface area contributed by atoms with E-state index in [1.54, 1.807) is 18.2 Å². The first kappa shape index (κ1) is 13.3. The Morgan fingerprint density at radius 3 is 2.71 bits per heavy atom. The molecule has 1 aromatic rings. The summed E-state index contributed by atoms with van der Waals surface area (Å²) in [4.78, 5) is 21.5. The molecule has 0 aromatic heterocycles. The molecule has 0 spiro atoms. The van der Waals surface area contributed by atoms with E-state index in [0.717, 1.165) is 0 Å². The van der Waals surface area contributed by atoms with Crippen LogP contribution in [0, 0.1) is 0 Å².